The Hall–Kier alpha value is -3.01. The van der Waals surface area contributed by atoms with Crippen LogP contribution in [0.25, 0.3) is 11.1 Å². The van der Waals surface area contributed by atoms with Gasteiger partial charge in [-0.15, -0.1) is 0 Å². The number of nitrogens with one attached hydrogen (secondary N) is 3. The molecule has 3 aromatic rings. The Labute approximate surface area is 304 Å². The van der Waals surface area contributed by atoms with E-state index in [0.717, 1.165) is 43.1 Å². The number of hydrogen-bond acceptors (Lipinski definition) is 7. The lowest BCUT2D eigenvalue weighted by Gasteiger charge is -2.29. The van der Waals surface area contributed by atoms with Crippen molar-refractivity contribution in [2.45, 2.75) is 68.9 Å². The molecule has 0 bridgehead atoms. The van der Waals surface area contributed by atoms with Crippen molar-refractivity contribution in [3.63, 3.8) is 0 Å². The summed E-state index contributed by atoms with van der Waals surface area (Å²) in [5, 5.41) is 9.00. The zero-order chi connectivity index (χ0) is 34.1. The Morgan fingerprint density at radius 2 is 1.70 bits per heavy atom. The van der Waals surface area contributed by atoms with Gasteiger partial charge in [0.1, 0.15) is 11.6 Å². The first-order valence-electron chi connectivity index (χ1n) is 15.8. The van der Waals surface area contributed by atoms with Crippen LogP contribution in [0.3, 0.4) is 0 Å². The number of carbonyl (C=O) groups excluding carboxylic acids is 3. The summed E-state index contributed by atoms with van der Waals surface area (Å²) in [6.07, 6.45) is 6.47. The second-order valence-electron chi connectivity index (χ2n) is 13.2. The van der Waals surface area contributed by atoms with Crippen molar-refractivity contribution in [3.05, 3.63) is 69.6 Å². The van der Waals surface area contributed by atoms with Crippen molar-refractivity contribution < 1.29 is 19.1 Å². The van der Waals surface area contributed by atoms with Crippen molar-refractivity contribution in [3.8, 4) is 11.1 Å². The van der Waals surface area contributed by atoms with Crippen molar-refractivity contribution in [2.24, 2.45) is 11.8 Å². The van der Waals surface area contributed by atoms with Gasteiger partial charge in [0.25, 0.3) is 0 Å². The van der Waals surface area contributed by atoms with E-state index in [4.69, 9.17) is 4.74 Å². The molecule has 0 saturated heterocycles. The minimum Gasteiger partial charge on any atom is -0.444 e. The Morgan fingerprint density at radius 1 is 1.00 bits per heavy atom. The van der Waals surface area contributed by atoms with Crippen LogP contribution >= 0.6 is 45.2 Å². The third-order valence-corrected chi connectivity index (χ3v) is 9.85. The number of anilines is 2. The molecule has 47 heavy (non-hydrogen) atoms. The summed E-state index contributed by atoms with van der Waals surface area (Å²) in [4.78, 5) is 50.2. The minimum atomic E-state index is -0.779. The second-order valence-corrected chi connectivity index (χ2v) is 15.1. The molecule has 12 heteroatoms. The molecule has 4 rings (SSSR count). The minimum absolute atomic E-state index is 0.122. The van der Waals surface area contributed by atoms with Crippen LogP contribution in [0.15, 0.2) is 54.9 Å². The number of benzene rings is 2. The third-order valence-electron chi connectivity index (χ3n) is 7.98. The smallest absolute Gasteiger partial charge is 0.407 e. The van der Waals surface area contributed by atoms with Crippen molar-refractivity contribution in [1.29, 1.82) is 0 Å². The van der Waals surface area contributed by atoms with Crippen molar-refractivity contribution >= 4 is 74.7 Å². The molecule has 0 unspecified atom stereocenters. The zero-order valence-electron chi connectivity index (χ0n) is 27.6. The highest BCUT2D eigenvalue weighted by molar-refractivity contribution is 14.1. The van der Waals surface area contributed by atoms with Crippen molar-refractivity contribution in [1.82, 2.24) is 20.6 Å². The Bertz CT molecular complexity index is 1540. The molecule has 1 saturated carbocycles. The molecule has 1 fully saturated rings. The molecule has 0 radical (unpaired) electrons. The summed E-state index contributed by atoms with van der Waals surface area (Å²) in [6.45, 7) is 6.02. The van der Waals surface area contributed by atoms with Crippen LogP contribution in [0.4, 0.5) is 16.4 Å². The molecular weight excluding hydrogens is 822 g/mol. The number of aromatic nitrogens is 2. The van der Waals surface area contributed by atoms with E-state index in [1.165, 1.54) is 0 Å². The highest BCUT2D eigenvalue weighted by atomic mass is 127. The van der Waals surface area contributed by atoms with Crippen molar-refractivity contribution in [2.75, 3.05) is 30.9 Å². The van der Waals surface area contributed by atoms with Crippen LogP contribution in [0.1, 0.15) is 57.6 Å². The number of halogens is 2. The first kappa shape index (κ1) is 36.8. The maximum atomic E-state index is 13.8. The molecule has 2 aromatic carbocycles. The average molecular weight is 867 g/mol. The van der Waals surface area contributed by atoms with Gasteiger partial charge in [-0.1, -0.05) is 46.9 Å². The van der Waals surface area contributed by atoms with Gasteiger partial charge < -0.3 is 25.6 Å². The second kappa shape index (κ2) is 16.9. The molecule has 3 amide bonds. The van der Waals surface area contributed by atoms with Crippen LogP contribution in [-0.2, 0) is 25.2 Å². The largest absolute Gasteiger partial charge is 0.444 e. The molecule has 1 heterocycles. The van der Waals surface area contributed by atoms with E-state index in [-0.39, 0.29) is 23.7 Å². The van der Waals surface area contributed by atoms with Gasteiger partial charge in [-0.2, -0.15) is 0 Å². The summed E-state index contributed by atoms with van der Waals surface area (Å²) in [5.74, 6) is 0.309. The molecular formula is C35H44I2N6O4. The topological polar surface area (TPSA) is 126 Å². The number of ether oxygens (including phenoxy) is 1. The van der Waals surface area contributed by atoms with Gasteiger partial charge in [-0.25, -0.2) is 14.8 Å². The van der Waals surface area contributed by atoms with Gasteiger partial charge >= 0.3 is 6.09 Å². The van der Waals surface area contributed by atoms with Gasteiger partial charge in [0.05, 0.1) is 0 Å². The number of rotatable bonds is 11. The van der Waals surface area contributed by atoms with E-state index in [1.54, 1.807) is 12.4 Å². The Kier molecular flexibility index (Phi) is 13.2. The van der Waals surface area contributed by atoms with Gasteiger partial charge in [-0.05, 0) is 110 Å². The number of carbonyl (C=O) groups is 3. The molecule has 0 aliphatic heterocycles. The highest BCUT2D eigenvalue weighted by Gasteiger charge is 2.30. The summed E-state index contributed by atoms with van der Waals surface area (Å²) in [7, 11) is 3.78. The predicted molar refractivity (Wildman–Crippen MR) is 203 cm³/mol. The molecule has 252 valence electrons. The summed E-state index contributed by atoms with van der Waals surface area (Å²) in [5.41, 5.74) is 4.00. The fraction of sp³-hybridized carbons (Fsp3) is 0.457. The van der Waals surface area contributed by atoms with Crippen LogP contribution in [0, 0.1) is 15.4 Å². The molecule has 0 spiro atoms. The Balaban J connectivity index is 1.45. The van der Waals surface area contributed by atoms with E-state index in [1.807, 2.05) is 82.2 Å². The lowest BCUT2D eigenvalue weighted by atomic mass is 9.81. The maximum Gasteiger partial charge on any atom is 0.407 e. The quantitative estimate of drug-likeness (QED) is 0.144. The summed E-state index contributed by atoms with van der Waals surface area (Å²) < 4.78 is 7.31. The number of alkyl halides is 1. The number of alkyl carbamates (subject to hydrolysis) is 1. The first-order chi connectivity index (χ1) is 22.3. The van der Waals surface area contributed by atoms with E-state index in [9.17, 15) is 14.4 Å². The SMILES string of the molecule is CN(C)c1ncc(-c2cccc(C[C@H](NC(=O)C3CCC(CNC(=O)OC(C)(C)C)CC3)C(=O)Nc3ccc(I)c(CI)c3)c2)cn1. The van der Waals surface area contributed by atoms with E-state index in [0.29, 0.717) is 37.4 Å². The summed E-state index contributed by atoms with van der Waals surface area (Å²) in [6, 6.07) is 13.0. The molecule has 1 aliphatic rings. The third kappa shape index (κ3) is 11.3. The van der Waals surface area contributed by atoms with Crippen LogP contribution in [0.5, 0.6) is 0 Å². The zero-order valence-corrected chi connectivity index (χ0v) is 31.9. The van der Waals surface area contributed by atoms with Gasteiger partial charge in [-0.3, -0.25) is 9.59 Å². The molecule has 1 aromatic heterocycles. The maximum absolute atomic E-state index is 13.8. The number of amides is 3. The lowest BCUT2D eigenvalue weighted by Crippen LogP contribution is -2.48. The average Bonchev–Trinajstić information content (AvgIpc) is 3.04. The Morgan fingerprint density at radius 3 is 2.34 bits per heavy atom. The van der Waals surface area contributed by atoms with E-state index < -0.39 is 17.7 Å². The van der Waals surface area contributed by atoms with E-state index >= 15 is 0 Å². The predicted octanol–water partition coefficient (Wildman–Crippen LogP) is 6.75. The normalized spacial score (nSPS) is 16.9. The molecule has 1 atom stereocenters. The number of nitrogens with zero attached hydrogens (tertiary/aromatic N) is 3. The molecule has 1 aliphatic carbocycles. The van der Waals surface area contributed by atoms with Crippen LogP contribution < -0.4 is 20.9 Å². The van der Waals surface area contributed by atoms with E-state index in [2.05, 4.69) is 71.1 Å². The van der Waals surface area contributed by atoms with Crippen LogP contribution in [-0.4, -0.2) is 60.2 Å². The summed E-state index contributed by atoms with van der Waals surface area (Å²) >= 11 is 4.61. The van der Waals surface area contributed by atoms with Gasteiger partial charge in [0, 0.05) is 64.6 Å². The number of hydrogen-bond donors (Lipinski definition) is 3. The fourth-order valence-electron chi connectivity index (χ4n) is 5.47. The molecule has 3 N–H and O–H groups in total. The molecule has 10 nitrogen and oxygen atoms in total. The first-order valence-corrected chi connectivity index (χ1v) is 18.4. The van der Waals surface area contributed by atoms with Gasteiger partial charge in [0.15, 0.2) is 0 Å². The fourth-order valence-corrected chi connectivity index (χ4v) is 7.36. The highest BCUT2D eigenvalue weighted by Crippen LogP contribution is 2.29. The lowest BCUT2D eigenvalue weighted by molar-refractivity contribution is -0.130. The van der Waals surface area contributed by atoms with Gasteiger partial charge in [0.2, 0.25) is 17.8 Å². The van der Waals surface area contributed by atoms with Crippen LogP contribution in [0.2, 0.25) is 0 Å². The standard InChI is InChI=1S/C35H44I2N6O4/c1-35(2,3)47-34(46)40-19-22-9-11-24(12-10-22)31(44)42-30(32(45)41-28-13-14-29(37)26(17-28)18-36)16-23-7-6-8-25(15-23)27-20-38-33(39-21-27)43(4)5/h6-8,13-15,17,20-22,24,30H,9-12,16,18-19H2,1-5H3,(H,40,46)(H,41,45)(H,42,44)/t22?,24?,30-/m0/s1. The monoisotopic (exact) mass is 866 g/mol.